The van der Waals surface area contributed by atoms with Crippen LogP contribution >= 0.6 is 23.4 Å². The quantitative estimate of drug-likeness (QED) is 0.871. The van der Waals surface area contributed by atoms with Crippen LogP contribution in [0.2, 0.25) is 5.02 Å². The molecule has 0 bridgehead atoms. The summed E-state index contributed by atoms with van der Waals surface area (Å²) in [5.74, 6) is -1.26. The third-order valence-electron chi connectivity index (χ3n) is 2.29. The van der Waals surface area contributed by atoms with Crippen molar-refractivity contribution in [3.8, 4) is 0 Å². The first-order valence-corrected chi connectivity index (χ1v) is 6.68. The minimum atomic E-state index is -1.14. The molecule has 1 aromatic heterocycles. The van der Waals surface area contributed by atoms with Crippen molar-refractivity contribution in [3.05, 3.63) is 58.5 Å². The van der Waals surface area contributed by atoms with E-state index in [4.69, 9.17) is 16.7 Å². The molecule has 1 N–H and O–H groups in total. The summed E-state index contributed by atoms with van der Waals surface area (Å²) in [6, 6.07) is 7.23. The van der Waals surface area contributed by atoms with Gasteiger partial charge in [-0.05, 0) is 35.9 Å². The Hall–Kier alpha value is -1.59. The fourth-order valence-corrected chi connectivity index (χ4v) is 2.35. The summed E-state index contributed by atoms with van der Waals surface area (Å²) in [5.41, 5.74) is 0.541. The molecule has 0 unspecified atom stereocenters. The third-order valence-corrected chi connectivity index (χ3v) is 3.53. The number of aromatic carboxylic acids is 1. The smallest absolute Gasteiger partial charge is 0.335 e. The number of hydrogen-bond acceptors (Lipinski definition) is 3. The van der Waals surface area contributed by atoms with E-state index >= 15 is 0 Å². The molecule has 0 atom stereocenters. The first-order valence-electron chi connectivity index (χ1n) is 5.32. The zero-order chi connectivity index (χ0) is 13.8. The SMILES string of the molecule is O=C(O)c1cc(F)cc(CSc2ccc(Cl)cn2)c1. The number of carboxylic acid groups (broad SMARTS) is 1. The molecule has 0 aliphatic heterocycles. The zero-order valence-corrected chi connectivity index (χ0v) is 11.2. The van der Waals surface area contributed by atoms with E-state index in [1.165, 1.54) is 30.1 Å². The predicted octanol–water partition coefficient (Wildman–Crippen LogP) is 3.86. The van der Waals surface area contributed by atoms with Crippen LogP contribution < -0.4 is 0 Å². The van der Waals surface area contributed by atoms with Crippen molar-refractivity contribution >= 4 is 29.3 Å². The maximum absolute atomic E-state index is 13.3. The molecule has 0 saturated carbocycles. The highest BCUT2D eigenvalue weighted by Crippen LogP contribution is 2.23. The number of thioether (sulfide) groups is 1. The zero-order valence-electron chi connectivity index (χ0n) is 9.64. The van der Waals surface area contributed by atoms with Crippen molar-refractivity contribution in [2.75, 3.05) is 0 Å². The van der Waals surface area contributed by atoms with Gasteiger partial charge in [0, 0.05) is 11.9 Å². The molecule has 3 nitrogen and oxygen atoms in total. The molecule has 6 heteroatoms. The van der Waals surface area contributed by atoms with E-state index in [0.29, 0.717) is 16.3 Å². The topological polar surface area (TPSA) is 50.2 Å². The van der Waals surface area contributed by atoms with Crippen LogP contribution in [0.4, 0.5) is 4.39 Å². The number of hydrogen-bond donors (Lipinski definition) is 1. The second kappa shape index (κ2) is 6.04. The van der Waals surface area contributed by atoms with Gasteiger partial charge < -0.3 is 5.11 Å². The van der Waals surface area contributed by atoms with E-state index in [1.807, 2.05) is 0 Å². The minimum absolute atomic E-state index is 0.0559. The van der Waals surface area contributed by atoms with E-state index < -0.39 is 11.8 Å². The molecule has 0 fully saturated rings. The molecular formula is C13H9ClFNO2S. The molecule has 0 radical (unpaired) electrons. The maximum Gasteiger partial charge on any atom is 0.335 e. The molecule has 2 rings (SSSR count). The lowest BCUT2D eigenvalue weighted by Crippen LogP contribution is -1.98. The summed E-state index contributed by atoms with van der Waals surface area (Å²) in [5, 5.41) is 10.1. The van der Waals surface area contributed by atoms with Crippen molar-refractivity contribution in [1.29, 1.82) is 0 Å². The molecule has 0 spiro atoms. The molecule has 98 valence electrons. The van der Waals surface area contributed by atoms with Gasteiger partial charge in [0.2, 0.25) is 0 Å². The number of rotatable bonds is 4. The summed E-state index contributed by atoms with van der Waals surface area (Å²) >= 11 is 7.10. The van der Waals surface area contributed by atoms with Gasteiger partial charge in [-0.25, -0.2) is 14.2 Å². The van der Waals surface area contributed by atoms with Crippen LogP contribution in [0.1, 0.15) is 15.9 Å². The fourth-order valence-electron chi connectivity index (χ4n) is 1.46. The number of carbonyl (C=O) groups is 1. The molecule has 1 aromatic carbocycles. The van der Waals surface area contributed by atoms with E-state index in [-0.39, 0.29) is 5.56 Å². The Morgan fingerprint density at radius 1 is 1.37 bits per heavy atom. The first kappa shape index (κ1) is 13.8. The number of aromatic nitrogens is 1. The molecule has 19 heavy (non-hydrogen) atoms. The highest BCUT2D eigenvalue weighted by atomic mass is 35.5. The summed E-state index contributed by atoms with van der Waals surface area (Å²) in [6.07, 6.45) is 1.53. The van der Waals surface area contributed by atoms with Gasteiger partial charge in [-0.15, -0.1) is 11.8 Å². The fraction of sp³-hybridized carbons (Fsp3) is 0.0769. The van der Waals surface area contributed by atoms with E-state index in [0.717, 1.165) is 11.1 Å². The van der Waals surface area contributed by atoms with Crippen LogP contribution in [0.5, 0.6) is 0 Å². The Bertz CT molecular complexity index is 604. The first-order chi connectivity index (χ1) is 9.04. The van der Waals surface area contributed by atoms with Crippen LogP contribution in [-0.4, -0.2) is 16.1 Å². The van der Waals surface area contributed by atoms with Crippen molar-refractivity contribution in [2.45, 2.75) is 10.8 Å². The van der Waals surface area contributed by atoms with E-state index in [9.17, 15) is 9.18 Å². The lowest BCUT2D eigenvalue weighted by molar-refractivity contribution is 0.0696. The molecule has 0 amide bonds. The van der Waals surface area contributed by atoms with Gasteiger partial charge in [-0.3, -0.25) is 0 Å². The lowest BCUT2D eigenvalue weighted by atomic mass is 10.1. The highest BCUT2D eigenvalue weighted by molar-refractivity contribution is 7.98. The molecule has 0 aliphatic carbocycles. The molecule has 0 aliphatic rings. The predicted molar refractivity (Wildman–Crippen MR) is 72.2 cm³/mol. The second-order valence-corrected chi connectivity index (χ2v) is 5.19. The number of halogens is 2. The molecule has 0 saturated heterocycles. The van der Waals surface area contributed by atoms with Crippen LogP contribution in [-0.2, 0) is 5.75 Å². The van der Waals surface area contributed by atoms with Crippen molar-refractivity contribution in [3.63, 3.8) is 0 Å². The van der Waals surface area contributed by atoms with Gasteiger partial charge in [0.15, 0.2) is 0 Å². The number of nitrogens with zero attached hydrogens (tertiary/aromatic N) is 1. The standard InChI is InChI=1S/C13H9ClFNO2S/c14-10-1-2-12(16-6-10)19-7-8-3-9(13(17)18)5-11(15)4-8/h1-6H,7H2,(H,17,18). The Balaban J connectivity index is 2.11. The van der Waals surface area contributed by atoms with Gasteiger partial charge in [-0.1, -0.05) is 11.6 Å². The normalized spacial score (nSPS) is 10.4. The number of pyridine rings is 1. The number of benzene rings is 1. The summed E-state index contributed by atoms with van der Waals surface area (Å²) in [4.78, 5) is 14.9. The van der Waals surface area contributed by atoms with Gasteiger partial charge in [-0.2, -0.15) is 0 Å². The van der Waals surface area contributed by atoms with Gasteiger partial charge in [0.1, 0.15) is 5.82 Å². The average molecular weight is 298 g/mol. The van der Waals surface area contributed by atoms with E-state index in [1.54, 1.807) is 12.1 Å². The van der Waals surface area contributed by atoms with Gasteiger partial charge >= 0.3 is 5.97 Å². The van der Waals surface area contributed by atoms with Crippen LogP contribution in [0.15, 0.2) is 41.6 Å². The second-order valence-electron chi connectivity index (χ2n) is 3.76. The monoisotopic (exact) mass is 297 g/mol. The largest absolute Gasteiger partial charge is 0.478 e. The van der Waals surface area contributed by atoms with Crippen LogP contribution in [0, 0.1) is 5.82 Å². The Kier molecular flexibility index (Phi) is 4.39. The van der Waals surface area contributed by atoms with Gasteiger partial charge in [0.25, 0.3) is 0 Å². The van der Waals surface area contributed by atoms with Crippen molar-refractivity contribution in [1.82, 2.24) is 4.98 Å². The minimum Gasteiger partial charge on any atom is -0.478 e. The maximum atomic E-state index is 13.3. The Morgan fingerprint density at radius 2 is 2.16 bits per heavy atom. The summed E-state index contributed by atoms with van der Waals surface area (Å²) in [7, 11) is 0. The van der Waals surface area contributed by atoms with Crippen LogP contribution in [0.25, 0.3) is 0 Å². The highest BCUT2D eigenvalue weighted by Gasteiger charge is 2.07. The Morgan fingerprint density at radius 3 is 2.79 bits per heavy atom. The molecule has 1 heterocycles. The summed E-state index contributed by atoms with van der Waals surface area (Å²) in [6.45, 7) is 0. The third kappa shape index (κ3) is 3.94. The van der Waals surface area contributed by atoms with E-state index in [2.05, 4.69) is 4.98 Å². The number of carboxylic acids is 1. The van der Waals surface area contributed by atoms with Gasteiger partial charge in [0.05, 0.1) is 15.6 Å². The Labute approximate surface area is 118 Å². The lowest BCUT2D eigenvalue weighted by Gasteiger charge is -2.03. The van der Waals surface area contributed by atoms with Crippen LogP contribution in [0.3, 0.4) is 0 Å². The molecular weight excluding hydrogens is 289 g/mol. The summed E-state index contributed by atoms with van der Waals surface area (Å²) < 4.78 is 13.3. The van der Waals surface area contributed by atoms with Crippen molar-refractivity contribution in [2.24, 2.45) is 0 Å². The average Bonchev–Trinajstić information content (AvgIpc) is 2.37. The molecule has 2 aromatic rings. The van der Waals surface area contributed by atoms with Crippen molar-refractivity contribution < 1.29 is 14.3 Å².